The molecular formula is C15H23N3O2. The number of hydrogen-bond acceptors (Lipinski definition) is 4. The van der Waals surface area contributed by atoms with Gasteiger partial charge in [0.25, 0.3) is 5.69 Å². The van der Waals surface area contributed by atoms with Crippen LogP contribution in [0, 0.1) is 17.0 Å². The average molecular weight is 277 g/mol. The van der Waals surface area contributed by atoms with E-state index in [4.69, 9.17) is 0 Å². The number of rotatable bonds is 5. The molecule has 1 heterocycles. The van der Waals surface area contributed by atoms with Gasteiger partial charge in [0.2, 0.25) is 0 Å². The second-order valence-corrected chi connectivity index (χ2v) is 5.52. The molecule has 0 saturated carbocycles. The van der Waals surface area contributed by atoms with Crippen molar-refractivity contribution in [2.45, 2.75) is 38.6 Å². The molecule has 0 aromatic heterocycles. The van der Waals surface area contributed by atoms with Gasteiger partial charge < -0.3 is 10.2 Å². The van der Waals surface area contributed by atoms with Crippen molar-refractivity contribution < 1.29 is 4.92 Å². The molecule has 1 aliphatic rings. The number of nitro benzene ring substituents is 1. The van der Waals surface area contributed by atoms with E-state index in [9.17, 15) is 10.1 Å². The molecule has 0 spiro atoms. The first kappa shape index (κ1) is 14.8. The van der Waals surface area contributed by atoms with Gasteiger partial charge in [-0.15, -0.1) is 0 Å². The van der Waals surface area contributed by atoms with Gasteiger partial charge in [0, 0.05) is 30.4 Å². The number of non-ortho nitro benzene ring substituents is 1. The zero-order valence-electron chi connectivity index (χ0n) is 12.3. The van der Waals surface area contributed by atoms with Gasteiger partial charge in [0.1, 0.15) is 0 Å². The normalized spacial score (nSPS) is 19.1. The summed E-state index contributed by atoms with van der Waals surface area (Å²) >= 11 is 0. The molecule has 5 heteroatoms. The number of hydrogen-bond donors (Lipinski definition) is 1. The van der Waals surface area contributed by atoms with E-state index in [1.165, 1.54) is 12.8 Å². The molecular weight excluding hydrogens is 254 g/mol. The molecule has 1 aromatic carbocycles. The summed E-state index contributed by atoms with van der Waals surface area (Å²) < 4.78 is 0. The molecule has 0 radical (unpaired) electrons. The van der Waals surface area contributed by atoms with Crippen molar-refractivity contribution in [1.82, 2.24) is 5.32 Å². The van der Waals surface area contributed by atoms with Crippen LogP contribution in [0.4, 0.5) is 11.4 Å². The highest BCUT2D eigenvalue weighted by atomic mass is 16.6. The lowest BCUT2D eigenvalue weighted by molar-refractivity contribution is -0.384. The number of piperidine rings is 1. The zero-order valence-corrected chi connectivity index (χ0v) is 12.3. The molecule has 20 heavy (non-hydrogen) atoms. The number of nitrogens with one attached hydrogen (secondary N) is 1. The Labute approximate surface area is 120 Å². The fourth-order valence-electron chi connectivity index (χ4n) is 2.97. The molecule has 0 bridgehead atoms. The third-order valence-corrected chi connectivity index (χ3v) is 3.94. The smallest absolute Gasteiger partial charge is 0.271 e. The maximum absolute atomic E-state index is 11.0. The van der Waals surface area contributed by atoms with Crippen molar-refractivity contribution in [3.05, 3.63) is 33.9 Å². The minimum atomic E-state index is -0.303. The summed E-state index contributed by atoms with van der Waals surface area (Å²) in [5.74, 6) is 0. The third kappa shape index (κ3) is 3.48. The van der Waals surface area contributed by atoms with E-state index in [1.54, 1.807) is 12.1 Å². The molecule has 1 fully saturated rings. The Morgan fingerprint density at radius 2 is 2.20 bits per heavy atom. The Morgan fingerprint density at radius 3 is 2.90 bits per heavy atom. The van der Waals surface area contributed by atoms with Crippen molar-refractivity contribution >= 4 is 11.4 Å². The standard InChI is InChI=1S/C15H23N3O2/c1-12-9-14(11-15(10-12)18(19)20)17-8-4-3-5-13(17)6-7-16-2/h9-11,13,16H,3-8H2,1-2H3. The summed E-state index contributed by atoms with van der Waals surface area (Å²) in [6, 6.07) is 5.89. The van der Waals surface area contributed by atoms with Crippen LogP contribution >= 0.6 is 0 Å². The molecule has 1 aliphatic heterocycles. The Balaban J connectivity index is 2.24. The van der Waals surface area contributed by atoms with Gasteiger partial charge in [-0.1, -0.05) is 0 Å². The number of aryl methyl sites for hydroxylation is 1. The van der Waals surface area contributed by atoms with Gasteiger partial charge in [0.15, 0.2) is 0 Å². The summed E-state index contributed by atoms with van der Waals surface area (Å²) in [7, 11) is 1.96. The van der Waals surface area contributed by atoms with Crippen LogP contribution in [-0.2, 0) is 0 Å². The minimum absolute atomic E-state index is 0.193. The largest absolute Gasteiger partial charge is 0.368 e. The fraction of sp³-hybridized carbons (Fsp3) is 0.600. The average Bonchev–Trinajstić information content (AvgIpc) is 2.44. The topological polar surface area (TPSA) is 58.4 Å². The fourth-order valence-corrected chi connectivity index (χ4v) is 2.97. The second kappa shape index (κ2) is 6.70. The van der Waals surface area contributed by atoms with Crippen LogP contribution in [0.3, 0.4) is 0 Å². The molecule has 5 nitrogen and oxygen atoms in total. The SMILES string of the molecule is CNCCC1CCCCN1c1cc(C)cc([N+](=O)[O-])c1. The number of nitro groups is 1. The lowest BCUT2D eigenvalue weighted by Gasteiger charge is -2.37. The quantitative estimate of drug-likeness (QED) is 0.664. The van der Waals surface area contributed by atoms with Crippen LogP contribution in [0.15, 0.2) is 18.2 Å². The summed E-state index contributed by atoms with van der Waals surface area (Å²) in [5, 5.41) is 14.2. The summed E-state index contributed by atoms with van der Waals surface area (Å²) in [6.07, 6.45) is 4.66. The van der Waals surface area contributed by atoms with E-state index in [2.05, 4.69) is 16.3 Å². The number of nitrogens with zero attached hydrogens (tertiary/aromatic N) is 2. The van der Waals surface area contributed by atoms with E-state index in [-0.39, 0.29) is 10.6 Å². The highest BCUT2D eigenvalue weighted by Gasteiger charge is 2.23. The summed E-state index contributed by atoms with van der Waals surface area (Å²) in [4.78, 5) is 13.1. The van der Waals surface area contributed by atoms with Crippen molar-refractivity contribution in [1.29, 1.82) is 0 Å². The van der Waals surface area contributed by atoms with Crippen LogP contribution in [0.25, 0.3) is 0 Å². The molecule has 2 rings (SSSR count). The summed E-state index contributed by atoms with van der Waals surface area (Å²) in [5.41, 5.74) is 2.14. The van der Waals surface area contributed by atoms with Crippen LogP contribution in [0.5, 0.6) is 0 Å². The maximum atomic E-state index is 11.0. The van der Waals surface area contributed by atoms with Crippen molar-refractivity contribution in [2.24, 2.45) is 0 Å². The Bertz CT molecular complexity index is 476. The lowest BCUT2D eigenvalue weighted by Crippen LogP contribution is -2.41. The lowest BCUT2D eigenvalue weighted by atomic mass is 9.98. The van der Waals surface area contributed by atoms with E-state index in [1.807, 2.05) is 14.0 Å². The second-order valence-electron chi connectivity index (χ2n) is 5.52. The zero-order chi connectivity index (χ0) is 14.5. The molecule has 1 N–H and O–H groups in total. The van der Waals surface area contributed by atoms with Gasteiger partial charge in [-0.3, -0.25) is 10.1 Å². The van der Waals surface area contributed by atoms with E-state index in [0.29, 0.717) is 6.04 Å². The molecule has 0 aliphatic carbocycles. The Kier molecular flexibility index (Phi) is 4.95. The third-order valence-electron chi connectivity index (χ3n) is 3.94. The van der Waals surface area contributed by atoms with Crippen molar-refractivity contribution in [3.63, 3.8) is 0 Å². The molecule has 1 unspecified atom stereocenters. The summed E-state index contributed by atoms with van der Waals surface area (Å²) in [6.45, 7) is 3.90. The van der Waals surface area contributed by atoms with Gasteiger partial charge in [0.05, 0.1) is 4.92 Å². The van der Waals surface area contributed by atoms with Crippen LogP contribution in [0.2, 0.25) is 0 Å². The Morgan fingerprint density at radius 1 is 1.40 bits per heavy atom. The van der Waals surface area contributed by atoms with Crippen LogP contribution in [0.1, 0.15) is 31.2 Å². The first-order valence-corrected chi connectivity index (χ1v) is 7.29. The highest BCUT2D eigenvalue weighted by Crippen LogP contribution is 2.30. The van der Waals surface area contributed by atoms with E-state index >= 15 is 0 Å². The molecule has 1 aromatic rings. The Hall–Kier alpha value is -1.62. The molecule has 110 valence electrons. The van der Waals surface area contributed by atoms with Gasteiger partial charge in [-0.05, 0) is 57.8 Å². The van der Waals surface area contributed by atoms with Crippen LogP contribution < -0.4 is 10.2 Å². The number of anilines is 1. The predicted molar refractivity (Wildman–Crippen MR) is 81.4 cm³/mol. The monoisotopic (exact) mass is 277 g/mol. The molecule has 0 amide bonds. The predicted octanol–water partition coefficient (Wildman–Crippen LogP) is 2.87. The van der Waals surface area contributed by atoms with E-state index < -0.39 is 0 Å². The highest BCUT2D eigenvalue weighted by molar-refractivity contribution is 5.56. The maximum Gasteiger partial charge on any atom is 0.271 e. The first-order valence-electron chi connectivity index (χ1n) is 7.29. The van der Waals surface area contributed by atoms with Crippen molar-refractivity contribution in [3.8, 4) is 0 Å². The van der Waals surface area contributed by atoms with Crippen LogP contribution in [-0.4, -0.2) is 31.1 Å². The van der Waals surface area contributed by atoms with Gasteiger partial charge in [-0.25, -0.2) is 0 Å². The van der Waals surface area contributed by atoms with Crippen molar-refractivity contribution in [2.75, 3.05) is 25.0 Å². The van der Waals surface area contributed by atoms with Gasteiger partial charge in [-0.2, -0.15) is 0 Å². The first-order chi connectivity index (χ1) is 9.61. The number of benzene rings is 1. The molecule has 1 saturated heterocycles. The molecule has 1 atom stereocenters. The van der Waals surface area contributed by atoms with E-state index in [0.717, 1.165) is 37.2 Å². The minimum Gasteiger partial charge on any atom is -0.368 e. The van der Waals surface area contributed by atoms with Gasteiger partial charge >= 0.3 is 0 Å².